The SMILES string of the molecule is CCCC(N)c1ccncc1N. The van der Waals surface area contributed by atoms with Crippen LogP contribution in [0.3, 0.4) is 0 Å². The normalized spacial score (nSPS) is 12.8. The highest BCUT2D eigenvalue weighted by atomic mass is 14.7. The van der Waals surface area contributed by atoms with Crippen molar-refractivity contribution in [1.29, 1.82) is 0 Å². The first kappa shape index (κ1) is 9.00. The van der Waals surface area contributed by atoms with Crippen molar-refractivity contribution in [2.45, 2.75) is 25.8 Å². The van der Waals surface area contributed by atoms with Crippen molar-refractivity contribution in [1.82, 2.24) is 4.98 Å². The Morgan fingerprint density at radius 1 is 1.58 bits per heavy atom. The molecule has 1 rings (SSSR count). The Morgan fingerprint density at radius 2 is 2.33 bits per heavy atom. The van der Waals surface area contributed by atoms with Crippen molar-refractivity contribution >= 4 is 5.69 Å². The van der Waals surface area contributed by atoms with Gasteiger partial charge in [0.1, 0.15) is 0 Å². The highest BCUT2D eigenvalue weighted by molar-refractivity contribution is 5.45. The van der Waals surface area contributed by atoms with Crippen LogP contribution >= 0.6 is 0 Å². The smallest absolute Gasteiger partial charge is 0.0549 e. The topological polar surface area (TPSA) is 64.9 Å². The average Bonchev–Trinajstić information content (AvgIpc) is 2.05. The molecule has 0 aliphatic rings. The number of nitrogens with zero attached hydrogens (tertiary/aromatic N) is 1. The Labute approximate surface area is 72.8 Å². The molecule has 1 atom stereocenters. The Hall–Kier alpha value is -1.09. The molecule has 12 heavy (non-hydrogen) atoms. The summed E-state index contributed by atoms with van der Waals surface area (Å²) in [6.07, 6.45) is 5.41. The Morgan fingerprint density at radius 3 is 2.92 bits per heavy atom. The minimum Gasteiger partial charge on any atom is -0.397 e. The quantitative estimate of drug-likeness (QED) is 0.712. The number of rotatable bonds is 3. The third kappa shape index (κ3) is 1.95. The van der Waals surface area contributed by atoms with Crippen LogP contribution in [0.1, 0.15) is 31.4 Å². The van der Waals surface area contributed by atoms with E-state index in [1.807, 2.05) is 6.07 Å². The van der Waals surface area contributed by atoms with Crippen LogP contribution in [0.2, 0.25) is 0 Å². The second kappa shape index (κ2) is 4.07. The second-order valence-corrected chi connectivity index (χ2v) is 2.90. The average molecular weight is 165 g/mol. The van der Waals surface area contributed by atoms with Crippen molar-refractivity contribution in [3.63, 3.8) is 0 Å². The molecule has 0 aliphatic heterocycles. The predicted octanol–water partition coefficient (Wildman–Crippen LogP) is 1.46. The molecule has 1 aromatic rings. The van der Waals surface area contributed by atoms with Crippen LogP contribution in [0.4, 0.5) is 5.69 Å². The lowest BCUT2D eigenvalue weighted by molar-refractivity contribution is 0.639. The summed E-state index contributed by atoms with van der Waals surface area (Å²) in [5.74, 6) is 0. The molecule has 3 nitrogen and oxygen atoms in total. The first-order valence-corrected chi connectivity index (χ1v) is 4.20. The van der Waals surface area contributed by atoms with Gasteiger partial charge in [0.05, 0.1) is 11.9 Å². The summed E-state index contributed by atoms with van der Waals surface area (Å²) in [4.78, 5) is 3.91. The predicted molar refractivity (Wildman–Crippen MR) is 50.5 cm³/mol. The van der Waals surface area contributed by atoms with Gasteiger partial charge in [0.25, 0.3) is 0 Å². The monoisotopic (exact) mass is 165 g/mol. The van der Waals surface area contributed by atoms with E-state index in [1.54, 1.807) is 12.4 Å². The van der Waals surface area contributed by atoms with Gasteiger partial charge >= 0.3 is 0 Å². The van der Waals surface area contributed by atoms with E-state index in [-0.39, 0.29) is 6.04 Å². The van der Waals surface area contributed by atoms with Crippen LogP contribution in [-0.2, 0) is 0 Å². The Balaban J connectivity index is 2.79. The lowest BCUT2D eigenvalue weighted by Crippen LogP contribution is -2.12. The second-order valence-electron chi connectivity index (χ2n) is 2.90. The molecule has 66 valence electrons. The molecule has 1 aromatic heterocycles. The molecule has 0 spiro atoms. The molecule has 0 aliphatic carbocycles. The van der Waals surface area contributed by atoms with Gasteiger partial charge in [-0.05, 0) is 18.1 Å². The summed E-state index contributed by atoms with van der Waals surface area (Å²) in [5.41, 5.74) is 13.3. The number of hydrogen-bond donors (Lipinski definition) is 2. The molecule has 0 amide bonds. The highest BCUT2D eigenvalue weighted by Crippen LogP contribution is 2.20. The van der Waals surface area contributed by atoms with Crippen molar-refractivity contribution in [2.75, 3.05) is 5.73 Å². The van der Waals surface area contributed by atoms with Crippen LogP contribution in [0.25, 0.3) is 0 Å². The number of nitrogens with two attached hydrogens (primary N) is 2. The molecule has 0 bridgehead atoms. The summed E-state index contributed by atoms with van der Waals surface area (Å²) in [6, 6.07) is 1.94. The van der Waals surface area contributed by atoms with Crippen molar-refractivity contribution in [3.8, 4) is 0 Å². The molecule has 4 N–H and O–H groups in total. The third-order valence-corrected chi connectivity index (χ3v) is 1.89. The van der Waals surface area contributed by atoms with E-state index >= 15 is 0 Å². The van der Waals surface area contributed by atoms with E-state index in [4.69, 9.17) is 11.5 Å². The minimum absolute atomic E-state index is 0.0537. The number of pyridine rings is 1. The molecule has 1 unspecified atom stereocenters. The van der Waals surface area contributed by atoms with Crippen molar-refractivity contribution in [2.24, 2.45) is 5.73 Å². The molecule has 0 saturated carbocycles. The molecule has 0 radical (unpaired) electrons. The van der Waals surface area contributed by atoms with Crippen LogP contribution in [0.15, 0.2) is 18.5 Å². The largest absolute Gasteiger partial charge is 0.397 e. The fraction of sp³-hybridized carbons (Fsp3) is 0.444. The van der Waals surface area contributed by atoms with Crippen molar-refractivity contribution in [3.05, 3.63) is 24.0 Å². The molecule has 0 fully saturated rings. The van der Waals surface area contributed by atoms with E-state index in [9.17, 15) is 0 Å². The maximum atomic E-state index is 5.90. The van der Waals surface area contributed by atoms with Gasteiger partial charge < -0.3 is 11.5 Å². The molecular formula is C9H15N3. The zero-order valence-electron chi connectivity index (χ0n) is 7.33. The first-order chi connectivity index (χ1) is 5.75. The lowest BCUT2D eigenvalue weighted by Gasteiger charge is -2.12. The highest BCUT2D eigenvalue weighted by Gasteiger charge is 2.06. The Bertz CT molecular complexity index is 247. The van der Waals surface area contributed by atoms with Crippen molar-refractivity contribution < 1.29 is 0 Å². The molecule has 1 heterocycles. The van der Waals surface area contributed by atoms with E-state index < -0.39 is 0 Å². The standard InChI is InChI=1S/C9H15N3/c1-2-3-8(10)7-4-5-12-6-9(7)11/h4-6,8H,2-3,10-11H2,1H3. The van der Waals surface area contributed by atoms with Crippen LogP contribution in [-0.4, -0.2) is 4.98 Å². The minimum atomic E-state index is 0.0537. The lowest BCUT2D eigenvalue weighted by atomic mass is 10.0. The summed E-state index contributed by atoms with van der Waals surface area (Å²) in [6.45, 7) is 2.11. The maximum absolute atomic E-state index is 5.90. The van der Waals surface area contributed by atoms with Gasteiger partial charge in [0.15, 0.2) is 0 Å². The zero-order valence-corrected chi connectivity index (χ0v) is 7.33. The van der Waals surface area contributed by atoms with Gasteiger partial charge in [-0.3, -0.25) is 4.98 Å². The molecule has 0 aromatic carbocycles. The van der Waals surface area contributed by atoms with Gasteiger partial charge in [-0.25, -0.2) is 0 Å². The van der Waals surface area contributed by atoms with E-state index in [0.717, 1.165) is 18.4 Å². The molecule has 0 saturated heterocycles. The summed E-state index contributed by atoms with van der Waals surface area (Å²) in [7, 11) is 0. The molecular weight excluding hydrogens is 150 g/mol. The number of anilines is 1. The van der Waals surface area contributed by atoms with Gasteiger partial charge in [-0.15, -0.1) is 0 Å². The van der Waals surface area contributed by atoms with E-state index in [1.165, 1.54) is 0 Å². The number of aromatic nitrogens is 1. The summed E-state index contributed by atoms with van der Waals surface area (Å²) >= 11 is 0. The van der Waals surface area contributed by atoms with Gasteiger partial charge in [-0.2, -0.15) is 0 Å². The van der Waals surface area contributed by atoms with Gasteiger partial charge in [-0.1, -0.05) is 13.3 Å². The maximum Gasteiger partial charge on any atom is 0.0549 e. The summed E-state index contributed by atoms with van der Waals surface area (Å²) in [5, 5.41) is 0. The third-order valence-electron chi connectivity index (χ3n) is 1.89. The zero-order chi connectivity index (χ0) is 8.97. The Kier molecular flexibility index (Phi) is 3.05. The fourth-order valence-electron chi connectivity index (χ4n) is 1.22. The van der Waals surface area contributed by atoms with E-state index in [0.29, 0.717) is 5.69 Å². The van der Waals surface area contributed by atoms with E-state index in [2.05, 4.69) is 11.9 Å². The number of hydrogen-bond acceptors (Lipinski definition) is 3. The summed E-state index contributed by atoms with van der Waals surface area (Å²) < 4.78 is 0. The number of nitrogen functional groups attached to an aromatic ring is 1. The van der Waals surface area contributed by atoms with Crippen LogP contribution in [0.5, 0.6) is 0 Å². The molecule has 3 heteroatoms. The van der Waals surface area contributed by atoms with Crippen LogP contribution in [0, 0.1) is 0 Å². The van der Waals surface area contributed by atoms with Gasteiger partial charge in [0.2, 0.25) is 0 Å². The fourth-order valence-corrected chi connectivity index (χ4v) is 1.22. The first-order valence-electron chi connectivity index (χ1n) is 4.20. The van der Waals surface area contributed by atoms with Crippen LogP contribution < -0.4 is 11.5 Å². The van der Waals surface area contributed by atoms with Gasteiger partial charge in [0, 0.05) is 12.2 Å².